The first-order valence-corrected chi connectivity index (χ1v) is 12.6. The van der Waals surface area contributed by atoms with Crippen molar-refractivity contribution in [2.45, 2.75) is 44.0 Å². The van der Waals surface area contributed by atoms with Crippen LogP contribution in [0.3, 0.4) is 0 Å². The molecule has 1 aromatic heterocycles. The van der Waals surface area contributed by atoms with E-state index >= 15 is 0 Å². The highest BCUT2D eigenvalue weighted by Crippen LogP contribution is 2.32. The van der Waals surface area contributed by atoms with Crippen molar-refractivity contribution in [3.63, 3.8) is 0 Å². The van der Waals surface area contributed by atoms with Gasteiger partial charge in [-0.1, -0.05) is 12.1 Å². The molecule has 38 heavy (non-hydrogen) atoms. The minimum Gasteiger partial charge on any atom is -0.368 e. The van der Waals surface area contributed by atoms with E-state index in [-0.39, 0.29) is 30.4 Å². The minimum absolute atomic E-state index is 0.00415. The molecule has 2 aliphatic rings. The van der Waals surface area contributed by atoms with Crippen LogP contribution in [0.4, 0.5) is 19.1 Å². The monoisotopic (exact) mass is 535 g/mol. The Balaban J connectivity index is 1.34. The summed E-state index contributed by atoms with van der Waals surface area (Å²) in [7, 11) is 1.57. The average molecular weight is 536 g/mol. The lowest BCUT2D eigenvalue weighted by molar-refractivity contribution is -0.137. The fourth-order valence-electron chi connectivity index (χ4n) is 5.14. The predicted molar refractivity (Wildman–Crippen MR) is 133 cm³/mol. The Hall–Kier alpha value is -3.32. The number of amides is 2. The number of aromatic nitrogens is 3. The summed E-state index contributed by atoms with van der Waals surface area (Å²) in [4.78, 5) is 32.4. The lowest BCUT2D eigenvalue weighted by Crippen LogP contribution is -2.57. The largest absolute Gasteiger partial charge is 0.416 e. The van der Waals surface area contributed by atoms with Gasteiger partial charge >= 0.3 is 6.18 Å². The number of benzene rings is 1. The molecule has 4 rings (SSSR count). The van der Waals surface area contributed by atoms with Crippen LogP contribution < -0.4 is 16.0 Å². The molecular formula is C25H32F3N7O3. The van der Waals surface area contributed by atoms with Gasteiger partial charge in [-0.2, -0.15) is 18.3 Å². The van der Waals surface area contributed by atoms with E-state index in [1.165, 1.54) is 18.3 Å². The van der Waals surface area contributed by atoms with E-state index in [0.717, 1.165) is 37.8 Å². The molecule has 1 aliphatic heterocycles. The van der Waals surface area contributed by atoms with Crippen LogP contribution in [0.25, 0.3) is 11.3 Å². The van der Waals surface area contributed by atoms with Gasteiger partial charge in [0.2, 0.25) is 17.8 Å². The number of rotatable bonds is 8. The Kier molecular flexibility index (Phi) is 8.77. The third-order valence-electron chi connectivity index (χ3n) is 7.23. The van der Waals surface area contributed by atoms with Crippen LogP contribution in [0.15, 0.2) is 30.5 Å². The first-order chi connectivity index (χ1) is 18.2. The van der Waals surface area contributed by atoms with Crippen molar-refractivity contribution in [2.75, 3.05) is 44.7 Å². The van der Waals surface area contributed by atoms with Crippen molar-refractivity contribution >= 4 is 17.8 Å². The molecule has 2 fully saturated rings. The average Bonchev–Trinajstić information content (AvgIpc) is 2.92. The van der Waals surface area contributed by atoms with Crippen LogP contribution in [-0.4, -0.2) is 83.9 Å². The number of primary amides is 1. The fourth-order valence-corrected chi connectivity index (χ4v) is 5.14. The number of likely N-dealkylation sites (N-methyl/N-ethyl adjacent to an activating group) is 1. The van der Waals surface area contributed by atoms with E-state index in [1.807, 2.05) is 4.90 Å². The molecule has 1 atom stereocenters. The maximum Gasteiger partial charge on any atom is 0.416 e. The number of nitrogens with zero attached hydrogens (tertiary/aromatic N) is 5. The molecule has 0 radical (unpaired) electrons. The van der Waals surface area contributed by atoms with Crippen LogP contribution in [0.1, 0.15) is 31.2 Å². The summed E-state index contributed by atoms with van der Waals surface area (Å²) in [5.74, 6) is -0.0225. The Morgan fingerprint density at radius 1 is 1.11 bits per heavy atom. The molecule has 1 saturated carbocycles. The summed E-state index contributed by atoms with van der Waals surface area (Å²) in [6.07, 6.45) is 0.109. The number of hydrogen-bond donors (Lipinski definition) is 2. The molecule has 1 saturated heterocycles. The molecule has 1 aliphatic carbocycles. The topological polar surface area (TPSA) is 127 Å². The normalized spacial score (nSPS) is 21.6. The van der Waals surface area contributed by atoms with E-state index in [2.05, 4.69) is 25.4 Å². The lowest BCUT2D eigenvalue weighted by atomic mass is 9.81. The van der Waals surface area contributed by atoms with E-state index in [0.29, 0.717) is 43.4 Å². The van der Waals surface area contributed by atoms with Crippen molar-refractivity contribution in [1.82, 2.24) is 25.4 Å². The van der Waals surface area contributed by atoms with E-state index in [1.54, 1.807) is 7.05 Å². The number of halogens is 3. The van der Waals surface area contributed by atoms with Crippen LogP contribution in [0.5, 0.6) is 0 Å². The zero-order chi connectivity index (χ0) is 27.3. The van der Waals surface area contributed by atoms with E-state index in [9.17, 15) is 22.8 Å². The Morgan fingerprint density at radius 3 is 2.34 bits per heavy atom. The standard InChI is InChI=1S/C25H32F3N7O3/c1-30-21(36)15-38-19-8-4-17(5-9-19)22(23(29)37)34-10-12-35(13-11-34)24-32-20(14-31-33-24)16-2-6-18(7-3-16)25(26,27)28/h2-3,6-7,14,17,19,22H,4-5,8-13,15H2,1H3,(H2,29,37)(H,30,36). The lowest BCUT2D eigenvalue weighted by Gasteiger charge is -2.42. The second kappa shape index (κ2) is 12.0. The fraction of sp³-hybridized carbons (Fsp3) is 0.560. The highest BCUT2D eigenvalue weighted by atomic mass is 19.4. The molecule has 206 valence electrons. The van der Waals surface area contributed by atoms with Gasteiger partial charge in [0.25, 0.3) is 0 Å². The van der Waals surface area contributed by atoms with Gasteiger partial charge in [0.1, 0.15) is 6.61 Å². The predicted octanol–water partition coefficient (Wildman–Crippen LogP) is 1.85. The van der Waals surface area contributed by atoms with Crippen molar-refractivity contribution in [2.24, 2.45) is 11.7 Å². The van der Waals surface area contributed by atoms with Gasteiger partial charge in [0.05, 0.1) is 29.6 Å². The van der Waals surface area contributed by atoms with Crippen molar-refractivity contribution in [3.05, 3.63) is 36.0 Å². The molecule has 0 spiro atoms. The first-order valence-electron chi connectivity index (χ1n) is 12.6. The number of carbonyl (C=O) groups is 2. The van der Waals surface area contributed by atoms with Gasteiger partial charge < -0.3 is 20.7 Å². The van der Waals surface area contributed by atoms with Gasteiger partial charge in [-0.15, -0.1) is 5.10 Å². The Bertz CT molecular complexity index is 1100. The SMILES string of the molecule is CNC(=O)COC1CCC(C(C(N)=O)N2CCN(c3nncc(-c4ccc(C(F)(F)F)cc4)n3)CC2)CC1. The number of piperazine rings is 1. The number of hydrogen-bond acceptors (Lipinski definition) is 8. The quantitative estimate of drug-likeness (QED) is 0.525. The molecule has 2 aromatic rings. The number of anilines is 1. The van der Waals surface area contributed by atoms with Crippen LogP contribution in [0, 0.1) is 5.92 Å². The molecular weight excluding hydrogens is 503 g/mol. The number of nitrogens with two attached hydrogens (primary N) is 1. The second-order valence-electron chi connectivity index (χ2n) is 9.61. The molecule has 2 heterocycles. The van der Waals surface area contributed by atoms with Gasteiger partial charge in [-0.25, -0.2) is 4.98 Å². The minimum atomic E-state index is -4.41. The van der Waals surface area contributed by atoms with Crippen molar-refractivity contribution in [1.29, 1.82) is 0 Å². The summed E-state index contributed by atoms with van der Waals surface area (Å²) >= 11 is 0. The third-order valence-corrected chi connectivity index (χ3v) is 7.23. The maximum atomic E-state index is 12.9. The molecule has 3 N–H and O–H groups in total. The zero-order valence-electron chi connectivity index (χ0n) is 21.2. The van der Waals surface area contributed by atoms with Gasteiger partial charge in [-0.3, -0.25) is 14.5 Å². The van der Waals surface area contributed by atoms with Crippen molar-refractivity contribution < 1.29 is 27.5 Å². The molecule has 10 nitrogen and oxygen atoms in total. The number of nitrogens with one attached hydrogen (secondary N) is 1. The third kappa shape index (κ3) is 6.76. The summed E-state index contributed by atoms with van der Waals surface area (Å²) in [5.41, 5.74) is 6.04. The van der Waals surface area contributed by atoms with Gasteiger partial charge in [-0.05, 0) is 43.7 Å². The summed E-state index contributed by atoms with van der Waals surface area (Å²) < 4.78 is 44.3. The molecule has 2 amide bonds. The maximum absolute atomic E-state index is 12.9. The Morgan fingerprint density at radius 2 is 1.76 bits per heavy atom. The van der Waals surface area contributed by atoms with E-state index in [4.69, 9.17) is 10.5 Å². The van der Waals surface area contributed by atoms with Gasteiger partial charge in [0.15, 0.2) is 0 Å². The number of ether oxygens (including phenoxy) is 1. The molecule has 1 aromatic carbocycles. The zero-order valence-corrected chi connectivity index (χ0v) is 21.2. The second-order valence-corrected chi connectivity index (χ2v) is 9.61. The summed E-state index contributed by atoms with van der Waals surface area (Å²) in [6.45, 7) is 2.28. The smallest absolute Gasteiger partial charge is 0.368 e. The van der Waals surface area contributed by atoms with Crippen LogP contribution >= 0.6 is 0 Å². The Labute approximate surface area is 218 Å². The van der Waals surface area contributed by atoms with Crippen LogP contribution in [0.2, 0.25) is 0 Å². The first kappa shape index (κ1) is 27.7. The van der Waals surface area contributed by atoms with Crippen molar-refractivity contribution in [3.8, 4) is 11.3 Å². The number of alkyl halides is 3. The molecule has 0 bridgehead atoms. The van der Waals surface area contributed by atoms with E-state index < -0.39 is 17.8 Å². The molecule has 1 unspecified atom stereocenters. The summed E-state index contributed by atoms with van der Waals surface area (Å²) in [5, 5.41) is 10.7. The molecule has 13 heteroatoms. The van der Waals surface area contributed by atoms with Gasteiger partial charge in [0, 0.05) is 38.8 Å². The highest BCUT2D eigenvalue weighted by molar-refractivity contribution is 5.80. The number of carbonyl (C=O) groups excluding carboxylic acids is 2. The van der Waals surface area contributed by atoms with Crippen LogP contribution in [-0.2, 0) is 20.5 Å². The highest BCUT2D eigenvalue weighted by Gasteiger charge is 2.37. The summed E-state index contributed by atoms with van der Waals surface area (Å²) in [6, 6.07) is 4.37.